The van der Waals surface area contributed by atoms with Crippen molar-refractivity contribution in [3.8, 4) is 11.5 Å². The number of rotatable bonds is 14. The van der Waals surface area contributed by atoms with E-state index in [9.17, 15) is 0 Å². The van der Waals surface area contributed by atoms with Crippen LogP contribution in [0.1, 0.15) is 69.2 Å². The molecule has 4 aromatic rings. The molecule has 0 aliphatic heterocycles. The Morgan fingerprint density at radius 2 is 0.919 bits per heavy atom. The van der Waals surface area contributed by atoms with Gasteiger partial charge in [0.25, 0.3) is 0 Å². The van der Waals surface area contributed by atoms with Crippen molar-refractivity contribution < 1.29 is 9.47 Å². The van der Waals surface area contributed by atoms with E-state index in [1.807, 2.05) is 38.1 Å². The van der Waals surface area contributed by atoms with Gasteiger partial charge in [0, 0.05) is 31.1 Å². The topological polar surface area (TPSA) is 70.0 Å². The lowest BCUT2D eigenvalue weighted by atomic mass is 10.1. The molecule has 0 aliphatic rings. The summed E-state index contributed by atoms with van der Waals surface area (Å²) in [6.45, 7) is 5.42. The van der Waals surface area contributed by atoms with Crippen LogP contribution in [0.15, 0.2) is 45.9 Å². The van der Waals surface area contributed by atoms with E-state index in [-0.39, 0.29) is 0 Å². The van der Waals surface area contributed by atoms with Gasteiger partial charge in [0.1, 0.15) is 35.2 Å². The first kappa shape index (κ1) is 27.7. The Morgan fingerprint density at radius 1 is 0.541 bits per heavy atom. The average Bonchev–Trinajstić information content (AvgIpc) is 2.88. The number of hydrogen-bond donors (Lipinski definition) is 0. The molecule has 2 aromatic heterocycles. The van der Waals surface area contributed by atoms with Gasteiger partial charge in [0.2, 0.25) is 0 Å². The summed E-state index contributed by atoms with van der Waals surface area (Å²) in [4.78, 5) is 17.4. The van der Waals surface area contributed by atoms with Crippen molar-refractivity contribution in [2.75, 3.05) is 13.2 Å². The van der Waals surface area contributed by atoms with Gasteiger partial charge in [-0.15, -0.1) is 0 Å². The van der Waals surface area contributed by atoms with Crippen molar-refractivity contribution in [2.45, 2.75) is 71.6 Å². The molecule has 0 atom stereocenters. The van der Waals surface area contributed by atoms with Crippen molar-refractivity contribution in [3.05, 3.63) is 57.3 Å². The Labute approximate surface area is 235 Å². The van der Waals surface area contributed by atoms with Crippen molar-refractivity contribution in [2.24, 2.45) is 0 Å². The van der Waals surface area contributed by atoms with Crippen molar-refractivity contribution in [1.82, 2.24) is 19.9 Å². The molecule has 196 valence electrons. The summed E-state index contributed by atoms with van der Waals surface area (Å²) >= 11 is 7.14. The molecule has 0 aliphatic carbocycles. The smallest absolute Gasteiger partial charge is 0.146 e. The third kappa shape index (κ3) is 7.84. The Hall–Kier alpha value is -2.32. The van der Waals surface area contributed by atoms with E-state index in [4.69, 9.17) is 9.47 Å². The van der Waals surface area contributed by atoms with Crippen LogP contribution in [0.2, 0.25) is 0 Å². The van der Waals surface area contributed by atoms with E-state index < -0.39 is 0 Å². The minimum atomic E-state index is 0.716. The number of aryl methyl sites for hydroxylation is 2. The molecule has 6 nitrogen and oxygen atoms in total. The number of hydrogen-bond acceptors (Lipinski definition) is 6. The molecule has 0 N–H and O–H groups in total. The number of fused-ring (bicyclic) bond motifs is 2. The van der Waals surface area contributed by atoms with E-state index >= 15 is 0 Å². The summed E-state index contributed by atoms with van der Waals surface area (Å²) in [5.74, 6) is 1.66. The van der Waals surface area contributed by atoms with Gasteiger partial charge in [-0.3, -0.25) is 0 Å². The molecular formula is C29H34Br2N4O2. The van der Waals surface area contributed by atoms with E-state index in [1.165, 1.54) is 44.9 Å². The highest BCUT2D eigenvalue weighted by Gasteiger charge is 2.10. The van der Waals surface area contributed by atoms with E-state index in [0.29, 0.717) is 13.2 Å². The Bertz CT molecular complexity index is 1230. The third-order valence-electron chi connectivity index (χ3n) is 6.54. The fourth-order valence-electron chi connectivity index (χ4n) is 4.48. The summed E-state index contributed by atoms with van der Waals surface area (Å²) in [5.41, 5.74) is 3.70. The standard InChI is InChI=1S/C29H34Br2N4O2/c1-20-24-14-22(30)16-26(28(24)34-18-32-20)36-12-10-8-6-4-3-5-7-9-11-13-37-27-17-23(31)15-25-21(2)33-19-35-29(25)27/h14-19H,3-13H2,1-2H3. The predicted molar refractivity (Wildman–Crippen MR) is 156 cm³/mol. The zero-order valence-corrected chi connectivity index (χ0v) is 24.8. The van der Waals surface area contributed by atoms with Gasteiger partial charge < -0.3 is 9.47 Å². The number of benzene rings is 2. The van der Waals surface area contributed by atoms with Crippen molar-refractivity contribution in [3.63, 3.8) is 0 Å². The summed E-state index contributed by atoms with van der Waals surface area (Å²) in [5, 5.41) is 2.06. The van der Waals surface area contributed by atoms with Crippen LogP contribution in [0.4, 0.5) is 0 Å². The second-order valence-electron chi connectivity index (χ2n) is 9.40. The van der Waals surface area contributed by atoms with Crippen LogP contribution < -0.4 is 9.47 Å². The molecule has 0 amide bonds. The maximum Gasteiger partial charge on any atom is 0.146 e. The Morgan fingerprint density at radius 3 is 1.32 bits per heavy atom. The number of unbranched alkanes of at least 4 members (excludes halogenated alkanes) is 8. The third-order valence-corrected chi connectivity index (χ3v) is 7.45. The lowest BCUT2D eigenvalue weighted by molar-refractivity contribution is 0.305. The van der Waals surface area contributed by atoms with Crippen LogP contribution in [-0.4, -0.2) is 33.1 Å². The van der Waals surface area contributed by atoms with Crippen LogP contribution in [0, 0.1) is 13.8 Å². The Kier molecular flexibility index (Phi) is 10.5. The van der Waals surface area contributed by atoms with Gasteiger partial charge in [-0.25, -0.2) is 19.9 Å². The lowest BCUT2D eigenvalue weighted by Crippen LogP contribution is -2.00. The fraction of sp³-hybridized carbons (Fsp3) is 0.448. The summed E-state index contributed by atoms with van der Waals surface area (Å²) in [6, 6.07) is 8.09. The van der Waals surface area contributed by atoms with E-state index in [0.717, 1.165) is 66.5 Å². The van der Waals surface area contributed by atoms with Gasteiger partial charge in [-0.1, -0.05) is 76.8 Å². The van der Waals surface area contributed by atoms with E-state index in [2.05, 4.69) is 51.8 Å². The highest BCUT2D eigenvalue weighted by atomic mass is 79.9. The molecule has 8 heteroatoms. The first-order chi connectivity index (χ1) is 18.0. The van der Waals surface area contributed by atoms with Crippen LogP contribution in [0.25, 0.3) is 21.8 Å². The SMILES string of the molecule is Cc1ncnc2c(OCCCCCCCCCCCOc3cc(Br)cc4c(C)ncnc34)cc(Br)cc12. The first-order valence-corrected chi connectivity index (χ1v) is 14.7. The molecule has 0 radical (unpaired) electrons. The quantitative estimate of drug-likeness (QED) is 0.130. The van der Waals surface area contributed by atoms with Crippen LogP contribution >= 0.6 is 31.9 Å². The molecular weight excluding hydrogens is 596 g/mol. The fourth-order valence-corrected chi connectivity index (χ4v) is 5.35. The molecule has 0 unspecified atom stereocenters. The van der Waals surface area contributed by atoms with E-state index in [1.54, 1.807) is 12.7 Å². The highest BCUT2D eigenvalue weighted by molar-refractivity contribution is 9.10. The first-order valence-electron chi connectivity index (χ1n) is 13.1. The van der Waals surface area contributed by atoms with Gasteiger partial charge in [-0.2, -0.15) is 0 Å². The zero-order valence-electron chi connectivity index (χ0n) is 21.6. The van der Waals surface area contributed by atoms with Crippen LogP contribution in [-0.2, 0) is 0 Å². The second kappa shape index (κ2) is 14.0. The molecule has 0 saturated heterocycles. The minimum absolute atomic E-state index is 0.716. The van der Waals surface area contributed by atoms with Gasteiger partial charge in [-0.05, 0) is 51.0 Å². The van der Waals surface area contributed by atoms with Gasteiger partial charge >= 0.3 is 0 Å². The second-order valence-corrected chi connectivity index (χ2v) is 11.2. The maximum atomic E-state index is 6.06. The molecule has 2 aromatic carbocycles. The Balaban J connectivity index is 1.05. The number of aromatic nitrogens is 4. The molecule has 2 heterocycles. The molecule has 0 fully saturated rings. The number of halogens is 2. The van der Waals surface area contributed by atoms with Gasteiger partial charge in [0.15, 0.2) is 0 Å². The summed E-state index contributed by atoms with van der Waals surface area (Å²) < 4.78 is 14.1. The molecule has 0 spiro atoms. The average molecular weight is 630 g/mol. The number of ether oxygens (including phenoxy) is 2. The largest absolute Gasteiger partial charge is 0.491 e. The van der Waals surface area contributed by atoms with Crippen LogP contribution in [0.3, 0.4) is 0 Å². The zero-order chi connectivity index (χ0) is 26.0. The summed E-state index contributed by atoms with van der Waals surface area (Å²) in [7, 11) is 0. The maximum absolute atomic E-state index is 6.06. The normalized spacial score (nSPS) is 11.4. The molecule has 0 bridgehead atoms. The summed E-state index contributed by atoms with van der Waals surface area (Å²) in [6.07, 6.45) is 14.1. The molecule has 37 heavy (non-hydrogen) atoms. The molecule has 0 saturated carbocycles. The monoisotopic (exact) mass is 628 g/mol. The highest BCUT2D eigenvalue weighted by Crippen LogP contribution is 2.31. The van der Waals surface area contributed by atoms with Crippen molar-refractivity contribution >= 4 is 53.7 Å². The molecule has 4 rings (SSSR count). The number of nitrogens with zero attached hydrogens (tertiary/aromatic N) is 4. The minimum Gasteiger partial charge on any atom is -0.491 e. The van der Waals surface area contributed by atoms with Crippen LogP contribution in [0.5, 0.6) is 11.5 Å². The predicted octanol–water partition coefficient (Wildman–Crippen LogP) is 8.68. The van der Waals surface area contributed by atoms with Crippen molar-refractivity contribution in [1.29, 1.82) is 0 Å². The lowest BCUT2D eigenvalue weighted by Gasteiger charge is -2.11. The van der Waals surface area contributed by atoms with Gasteiger partial charge in [0.05, 0.1) is 13.2 Å².